The monoisotopic (exact) mass is 218 g/mol. The molecule has 15 heavy (non-hydrogen) atoms. The van der Waals surface area contributed by atoms with Crippen LogP contribution in [0, 0.1) is 0 Å². The van der Waals surface area contributed by atoms with Gasteiger partial charge in [-0.05, 0) is 6.92 Å². The minimum Gasteiger partial charge on any atom is -0.463 e. The average Bonchev–Trinajstić information content (AvgIpc) is 2.10. The molecule has 0 fully saturated rings. The summed E-state index contributed by atoms with van der Waals surface area (Å²) in [6.07, 6.45) is 0.00913. The van der Waals surface area contributed by atoms with Crippen LogP contribution < -0.4 is 0 Å². The Morgan fingerprint density at radius 2 is 1.80 bits per heavy atom. The topological polar surface area (TPSA) is 61.8 Å². The van der Waals surface area contributed by atoms with Crippen LogP contribution in [0.3, 0.4) is 0 Å². The van der Waals surface area contributed by atoms with E-state index >= 15 is 0 Å². The smallest absolute Gasteiger partial charge is 0.302 e. The zero-order chi connectivity index (χ0) is 11.8. The number of methoxy groups -OCH3 is 1. The van der Waals surface area contributed by atoms with Gasteiger partial charge in [0.05, 0.1) is 6.10 Å². The van der Waals surface area contributed by atoms with Gasteiger partial charge in [0, 0.05) is 27.4 Å². The molecule has 0 N–H and O–H groups in total. The highest BCUT2D eigenvalue weighted by atomic mass is 16.6. The van der Waals surface area contributed by atoms with E-state index in [1.165, 1.54) is 21.0 Å². The summed E-state index contributed by atoms with van der Waals surface area (Å²) < 4.78 is 14.8. The molecule has 0 aliphatic carbocycles. The maximum absolute atomic E-state index is 10.6. The zero-order valence-electron chi connectivity index (χ0n) is 9.61. The van der Waals surface area contributed by atoms with Gasteiger partial charge >= 0.3 is 11.9 Å². The summed E-state index contributed by atoms with van der Waals surface area (Å²) in [6.45, 7) is 4.63. The molecule has 0 spiro atoms. The van der Waals surface area contributed by atoms with Crippen LogP contribution in [0.1, 0.15) is 27.2 Å². The molecule has 0 bridgehead atoms. The molecule has 0 aliphatic heterocycles. The van der Waals surface area contributed by atoms with Crippen molar-refractivity contribution in [3.63, 3.8) is 0 Å². The molecule has 0 rings (SSSR count). The predicted octanol–water partition coefficient (Wildman–Crippen LogP) is 0.906. The fraction of sp³-hybridized carbons (Fsp3) is 0.800. The minimum absolute atomic E-state index is 0.178. The molecule has 0 radical (unpaired) electrons. The van der Waals surface area contributed by atoms with Crippen molar-refractivity contribution < 1.29 is 23.8 Å². The first kappa shape index (κ1) is 13.9. The van der Waals surface area contributed by atoms with Gasteiger partial charge in [0.25, 0.3) is 0 Å². The van der Waals surface area contributed by atoms with Crippen molar-refractivity contribution in [3.05, 3.63) is 0 Å². The summed E-state index contributed by atoms with van der Waals surface area (Å²) in [4.78, 5) is 21.2. The first-order valence-electron chi connectivity index (χ1n) is 4.79. The molecule has 5 heteroatoms. The number of carbonyl (C=O) groups excluding carboxylic acids is 2. The molecule has 5 nitrogen and oxygen atoms in total. The van der Waals surface area contributed by atoms with Crippen molar-refractivity contribution >= 4 is 11.9 Å². The molecule has 0 aliphatic rings. The third-order valence-electron chi connectivity index (χ3n) is 1.77. The quantitative estimate of drug-likeness (QED) is 0.620. The van der Waals surface area contributed by atoms with Gasteiger partial charge < -0.3 is 14.2 Å². The number of hydrogen-bond donors (Lipinski definition) is 0. The fourth-order valence-corrected chi connectivity index (χ4v) is 1.14. The van der Waals surface area contributed by atoms with Gasteiger partial charge in [0.1, 0.15) is 12.7 Å². The Morgan fingerprint density at radius 3 is 2.20 bits per heavy atom. The van der Waals surface area contributed by atoms with E-state index in [-0.39, 0.29) is 30.8 Å². The van der Waals surface area contributed by atoms with Gasteiger partial charge in [-0.15, -0.1) is 0 Å². The average molecular weight is 218 g/mol. The molecule has 0 saturated heterocycles. The zero-order valence-corrected chi connectivity index (χ0v) is 9.61. The first-order valence-corrected chi connectivity index (χ1v) is 4.79. The Hall–Kier alpha value is -1.10. The summed E-state index contributed by atoms with van der Waals surface area (Å²) >= 11 is 0. The molecule has 0 aromatic rings. The molecule has 0 heterocycles. The van der Waals surface area contributed by atoms with Crippen molar-refractivity contribution in [1.29, 1.82) is 0 Å². The second-order valence-electron chi connectivity index (χ2n) is 3.32. The van der Waals surface area contributed by atoms with E-state index in [2.05, 4.69) is 0 Å². The van der Waals surface area contributed by atoms with Crippen LogP contribution in [0.2, 0.25) is 0 Å². The number of hydrogen-bond acceptors (Lipinski definition) is 5. The molecule has 0 saturated carbocycles. The van der Waals surface area contributed by atoms with Crippen LogP contribution in [0.4, 0.5) is 0 Å². The van der Waals surface area contributed by atoms with Crippen LogP contribution in [0.15, 0.2) is 0 Å². The third-order valence-corrected chi connectivity index (χ3v) is 1.77. The lowest BCUT2D eigenvalue weighted by atomic mass is 10.2. The largest absolute Gasteiger partial charge is 0.463 e. The van der Waals surface area contributed by atoms with Crippen molar-refractivity contribution in [2.75, 3.05) is 13.7 Å². The van der Waals surface area contributed by atoms with Crippen molar-refractivity contribution in [2.24, 2.45) is 0 Å². The Bertz CT molecular complexity index is 214. The number of carbonyl (C=O) groups is 2. The lowest BCUT2D eigenvalue weighted by Gasteiger charge is -2.19. The summed E-state index contributed by atoms with van der Waals surface area (Å²) in [5.41, 5.74) is 0. The van der Waals surface area contributed by atoms with E-state index in [9.17, 15) is 9.59 Å². The van der Waals surface area contributed by atoms with E-state index in [1.54, 1.807) is 6.92 Å². The Kier molecular flexibility index (Phi) is 6.70. The summed E-state index contributed by atoms with van der Waals surface area (Å²) in [7, 11) is 1.52. The normalized spacial score (nSPS) is 14.1. The predicted molar refractivity (Wildman–Crippen MR) is 53.3 cm³/mol. The van der Waals surface area contributed by atoms with Gasteiger partial charge in [-0.3, -0.25) is 9.59 Å². The van der Waals surface area contributed by atoms with Crippen LogP contribution in [-0.2, 0) is 23.8 Å². The van der Waals surface area contributed by atoms with Crippen LogP contribution in [0.25, 0.3) is 0 Å². The molecule has 88 valence electrons. The van der Waals surface area contributed by atoms with Crippen LogP contribution in [0.5, 0.6) is 0 Å². The molecule has 0 aromatic heterocycles. The van der Waals surface area contributed by atoms with Gasteiger partial charge in [-0.2, -0.15) is 0 Å². The highest BCUT2D eigenvalue weighted by Gasteiger charge is 2.15. The third kappa shape index (κ3) is 7.93. The SMILES string of the molecule is CO[C@H](COC(C)=O)CC(C)OC(C)=O. The lowest BCUT2D eigenvalue weighted by Crippen LogP contribution is -2.26. The highest BCUT2D eigenvalue weighted by Crippen LogP contribution is 2.06. The van der Waals surface area contributed by atoms with Gasteiger partial charge in [0.2, 0.25) is 0 Å². The molecule has 0 aromatic carbocycles. The van der Waals surface area contributed by atoms with E-state index in [0.29, 0.717) is 6.42 Å². The van der Waals surface area contributed by atoms with E-state index < -0.39 is 0 Å². The van der Waals surface area contributed by atoms with E-state index in [0.717, 1.165) is 0 Å². The molecule has 0 amide bonds. The summed E-state index contributed by atoms with van der Waals surface area (Å²) in [6, 6.07) is 0. The standard InChI is InChI=1S/C10H18O5/c1-7(15-9(3)12)5-10(13-4)6-14-8(2)11/h7,10H,5-6H2,1-4H3/t7?,10-/m0/s1. The van der Waals surface area contributed by atoms with Crippen molar-refractivity contribution in [3.8, 4) is 0 Å². The Morgan fingerprint density at radius 1 is 1.20 bits per heavy atom. The van der Waals surface area contributed by atoms with Gasteiger partial charge in [0.15, 0.2) is 0 Å². The second kappa shape index (κ2) is 7.23. The summed E-state index contributed by atoms with van der Waals surface area (Å²) in [5, 5.41) is 0. The first-order chi connectivity index (χ1) is 6.95. The number of esters is 2. The molecular formula is C10H18O5. The van der Waals surface area contributed by atoms with Gasteiger partial charge in [-0.25, -0.2) is 0 Å². The Labute approximate surface area is 89.7 Å². The molecule has 1 unspecified atom stereocenters. The molecule has 2 atom stereocenters. The van der Waals surface area contributed by atoms with Gasteiger partial charge in [-0.1, -0.05) is 0 Å². The maximum Gasteiger partial charge on any atom is 0.302 e. The Balaban J connectivity index is 3.86. The van der Waals surface area contributed by atoms with Crippen molar-refractivity contribution in [1.82, 2.24) is 0 Å². The lowest BCUT2D eigenvalue weighted by molar-refractivity contribution is -0.151. The number of rotatable bonds is 6. The van der Waals surface area contributed by atoms with Crippen LogP contribution >= 0.6 is 0 Å². The highest BCUT2D eigenvalue weighted by molar-refractivity contribution is 5.66. The van der Waals surface area contributed by atoms with Crippen molar-refractivity contribution in [2.45, 2.75) is 39.4 Å². The summed E-state index contributed by atoms with van der Waals surface area (Å²) in [5.74, 6) is -0.679. The van der Waals surface area contributed by atoms with Crippen LogP contribution in [-0.4, -0.2) is 37.9 Å². The molecular weight excluding hydrogens is 200 g/mol. The van der Waals surface area contributed by atoms with E-state index in [1.807, 2.05) is 0 Å². The minimum atomic E-state index is -0.350. The number of ether oxygens (including phenoxy) is 3. The maximum atomic E-state index is 10.6. The fourth-order valence-electron chi connectivity index (χ4n) is 1.14. The second-order valence-corrected chi connectivity index (χ2v) is 3.32. The van der Waals surface area contributed by atoms with E-state index in [4.69, 9.17) is 14.2 Å².